The normalized spacial score (nSPS) is 13.7. The molecular formula is C16H19ClN2O2. The first-order chi connectivity index (χ1) is 10.00. The van der Waals surface area contributed by atoms with Gasteiger partial charge in [-0.05, 0) is 25.5 Å². The van der Waals surface area contributed by atoms with Crippen molar-refractivity contribution >= 4 is 17.5 Å². The monoisotopic (exact) mass is 306 g/mol. The summed E-state index contributed by atoms with van der Waals surface area (Å²) in [5.41, 5.74) is 0.493. The summed E-state index contributed by atoms with van der Waals surface area (Å²) in [5.74, 6) is -0.260. The first-order valence-corrected chi connectivity index (χ1v) is 7.22. The van der Waals surface area contributed by atoms with Crippen molar-refractivity contribution in [2.45, 2.75) is 25.9 Å². The third kappa shape index (κ3) is 3.28. The minimum atomic E-state index is -0.840. The Morgan fingerprint density at radius 2 is 2.05 bits per heavy atom. The van der Waals surface area contributed by atoms with Crippen molar-refractivity contribution in [3.05, 3.63) is 58.9 Å². The minimum Gasteiger partial charge on any atom is -0.394 e. The Labute approximate surface area is 129 Å². The first-order valence-electron chi connectivity index (χ1n) is 6.84. The minimum absolute atomic E-state index is 0.191. The second-order valence-electron chi connectivity index (χ2n) is 5.14. The average Bonchev–Trinajstić information content (AvgIpc) is 2.89. The summed E-state index contributed by atoms with van der Waals surface area (Å²) >= 11 is 5.96. The zero-order valence-corrected chi connectivity index (χ0v) is 12.9. The summed E-state index contributed by atoms with van der Waals surface area (Å²) < 4.78 is 1.78. The lowest BCUT2D eigenvalue weighted by Gasteiger charge is -2.29. The maximum absolute atomic E-state index is 12.5. The largest absolute Gasteiger partial charge is 0.394 e. The molecule has 2 N–H and O–H groups in total. The molecule has 0 saturated carbocycles. The molecule has 0 fully saturated rings. The van der Waals surface area contributed by atoms with E-state index in [9.17, 15) is 9.90 Å². The molecule has 0 aliphatic carbocycles. The van der Waals surface area contributed by atoms with Gasteiger partial charge in [-0.2, -0.15) is 0 Å². The van der Waals surface area contributed by atoms with Crippen LogP contribution in [0.2, 0.25) is 5.02 Å². The molecule has 5 heteroatoms. The quantitative estimate of drug-likeness (QED) is 0.892. The highest BCUT2D eigenvalue weighted by Gasteiger charge is 2.29. The zero-order valence-electron chi connectivity index (χ0n) is 12.1. The van der Waals surface area contributed by atoms with Gasteiger partial charge in [0.05, 0.1) is 17.2 Å². The van der Waals surface area contributed by atoms with Crippen molar-refractivity contribution in [1.29, 1.82) is 0 Å². The number of amides is 1. The molecule has 2 rings (SSSR count). The second-order valence-corrected chi connectivity index (χ2v) is 5.58. The van der Waals surface area contributed by atoms with Gasteiger partial charge in [-0.15, -0.1) is 0 Å². The van der Waals surface area contributed by atoms with E-state index in [0.717, 1.165) is 5.56 Å². The number of hydrogen-bond acceptors (Lipinski definition) is 2. The maximum atomic E-state index is 12.5. The Kier molecular flexibility index (Phi) is 4.70. The van der Waals surface area contributed by atoms with Crippen LogP contribution in [0.1, 0.15) is 29.9 Å². The van der Waals surface area contributed by atoms with Gasteiger partial charge < -0.3 is 15.0 Å². The van der Waals surface area contributed by atoms with Crippen LogP contribution in [0.25, 0.3) is 0 Å². The van der Waals surface area contributed by atoms with Gasteiger partial charge in [-0.1, -0.05) is 41.9 Å². The molecule has 21 heavy (non-hydrogen) atoms. The topological polar surface area (TPSA) is 54.3 Å². The van der Waals surface area contributed by atoms with E-state index in [1.165, 1.54) is 0 Å². The van der Waals surface area contributed by atoms with Gasteiger partial charge in [0.1, 0.15) is 5.69 Å². The summed E-state index contributed by atoms with van der Waals surface area (Å²) in [4.78, 5) is 12.5. The van der Waals surface area contributed by atoms with E-state index in [1.54, 1.807) is 23.8 Å². The van der Waals surface area contributed by atoms with E-state index >= 15 is 0 Å². The molecule has 1 unspecified atom stereocenters. The predicted octanol–water partition coefficient (Wildman–Crippen LogP) is 2.80. The van der Waals surface area contributed by atoms with E-state index in [0.29, 0.717) is 17.3 Å². The van der Waals surface area contributed by atoms with E-state index in [2.05, 4.69) is 5.32 Å². The number of rotatable bonds is 5. The van der Waals surface area contributed by atoms with Crippen molar-refractivity contribution in [3.8, 4) is 0 Å². The SMILES string of the molecule is CCn1cc(Cl)cc1C(=O)NC(C)(CO)c1ccccc1. The number of aryl methyl sites for hydroxylation is 1. The zero-order chi connectivity index (χ0) is 15.5. The number of aliphatic hydroxyl groups is 1. The van der Waals surface area contributed by atoms with E-state index in [-0.39, 0.29) is 12.5 Å². The molecule has 112 valence electrons. The Bertz CT molecular complexity index is 624. The van der Waals surface area contributed by atoms with Crippen LogP contribution in [0.4, 0.5) is 0 Å². The van der Waals surface area contributed by atoms with E-state index in [4.69, 9.17) is 11.6 Å². The number of aliphatic hydroxyl groups excluding tert-OH is 1. The van der Waals surface area contributed by atoms with Crippen LogP contribution in [0.5, 0.6) is 0 Å². The molecule has 0 spiro atoms. The molecule has 2 aromatic rings. The molecule has 1 aromatic carbocycles. The Morgan fingerprint density at radius 3 is 2.62 bits per heavy atom. The fraction of sp³-hybridized carbons (Fsp3) is 0.312. The van der Waals surface area contributed by atoms with Crippen LogP contribution >= 0.6 is 11.6 Å². The molecule has 1 atom stereocenters. The molecule has 1 aromatic heterocycles. The number of benzene rings is 1. The Morgan fingerprint density at radius 1 is 1.38 bits per heavy atom. The lowest BCUT2D eigenvalue weighted by atomic mass is 9.93. The van der Waals surface area contributed by atoms with Gasteiger partial charge in [0, 0.05) is 12.7 Å². The van der Waals surface area contributed by atoms with E-state index < -0.39 is 5.54 Å². The van der Waals surface area contributed by atoms with Crippen LogP contribution in [0, 0.1) is 0 Å². The van der Waals surface area contributed by atoms with Crippen LogP contribution in [0.15, 0.2) is 42.6 Å². The summed E-state index contributed by atoms with van der Waals surface area (Å²) in [7, 11) is 0. The molecule has 0 radical (unpaired) electrons. The second kappa shape index (κ2) is 6.33. The van der Waals surface area contributed by atoms with Crippen LogP contribution < -0.4 is 5.32 Å². The number of carbonyl (C=O) groups excluding carboxylic acids is 1. The van der Waals surface area contributed by atoms with Crippen molar-refractivity contribution in [2.75, 3.05) is 6.61 Å². The van der Waals surface area contributed by atoms with Gasteiger partial charge in [0.2, 0.25) is 0 Å². The summed E-state index contributed by atoms with van der Waals surface area (Å²) in [6.07, 6.45) is 1.72. The van der Waals surface area contributed by atoms with E-state index in [1.807, 2.05) is 37.3 Å². The molecule has 4 nitrogen and oxygen atoms in total. The highest BCUT2D eigenvalue weighted by atomic mass is 35.5. The third-order valence-corrected chi connectivity index (χ3v) is 3.76. The first kappa shape index (κ1) is 15.6. The molecule has 1 amide bonds. The fourth-order valence-corrected chi connectivity index (χ4v) is 2.47. The van der Waals surface area contributed by atoms with Crippen molar-refractivity contribution in [2.24, 2.45) is 0 Å². The van der Waals surface area contributed by atoms with Crippen molar-refractivity contribution in [1.82, 2.24) is 9.88 Å². The van der Waals surface area contributed by atoms with Gasteiger partial charge >= 0.3 is 0 Å². The van der Waals surface area contributed by atoms with Crippen LogP contribution in [0.3, 0.4) is 0 Å². The lowest BCUT2D eigenvalue weighted by molar-refractivity contribution is 0.0840. The van der Waals surface area contributed by atoms with Gasteiger partial charge in [-0.25, -0.2) is 0 Å². The third-order valence-electron chi connectivity index (χ3n) is 3.55. The maximum Gasteiger partial charge on any atom is 0.268 e. The molecule has 0 aliphatic rings. The van der Waals surface area contributed by atoms with Crippen LogP contribution in [-0.4, -0.2) is 22.2 Å². The number of halogens is 1. The summed E-state index contributed by atoms with van der Waals surface area (Å²) in [5, 5.41) is 13.1. The highest BCUT2D eigenvalue weighted by Crippen LogP contribution is 2.21. The average molecular weight is 307 g/mol. The lowest BCUT2D eigenvalue weighted by Crippen LogP contribution is -2.46. The van der Waals surface area contributed by atoms with Gasteiger partial charge in [-0.3, -0.25) is 4.79 Å². The summed E-state index contributed by atoms with van der Waals surface area (Å²) in [6.45, 7) is 4.19. The predicted molar refractivity (Wildman–Crippen MR) is 83.5 cm³/mol. The molecule has 1 heterocycles. The standard InChI is InChI=1S/C16H19ClN2O2/c1-3-19-10-13(17)9-14(19)15(21)18-16(2,11-20)12-7-5-4-6-8-12/h4-10,20H,3,11H2,1-2H3,(H,18,21). The smallest absolute Gasteiger partial charge is 0.268 e. The highest BCUT2D eigenvalue weighted by molar-refractivity contribution is 6.31. The summed E-state index contributed by atoms with van der Waals surface area (Å²) in [6, 6.07) is 11.0. The van der Waals surface area contributed by atoms with Crippen LogP contribution in [-0.2, 0) is 12.1 Å². The molecule has 0 bridgehead atoms. The van der Waals surface area contributed by atoms with Gasteiger partial charge in [0.15, 0.2) is 0 Å². The Hall–Kier alpha value is -1.78. The number of nitrogens with one attached hydrogen (secondary N) is 1. The van der Waals surface area contributed by atoms with Gasteiger partial charge in [0.25, 0.3) is 5.91 Å². The molecule has 0 saturated heterocycles. The number of nitrogens with zero attached hydrogens (tertiary/aromatic N) is 1. The molecular weight excluding hydrogens is 288 g/mol. The number of hydrogen-bond donors (Lipinski definition) is 2. The number of aromatic nitrogens is 1. The fourth-order valence-electron chi connectivity index (χ4n) is 2.25. The molecule has 0 aliphatic heterocycles. The Balaban J connectivity index is 2.28. The van der Waals surface area contributed by atoms with Crippen molar-refractivity contribution in [3.63, 3.8) is 0 Å². The van der Waals surface area contributed by atoms with Crippen molar-refractivity contribution < 1.29 is 9.90 Å². The number of carbonyl (C=O) groups is 1.